The molecule has 0 aliphatic carbocycles. The summed E-state index contributed by atoms with van der Waals surface area (Å²) in [6.07, 6.45) is 0.391. The topological polar surface area (TPSA) is 71.3 Å². The molecule has 0 saturated heterocycles. The predicted octanol–water partition coefficient (Wildman–Crippen LogP) is 4.89. The van der Waals surface area contributed by atoms with Gasteiger partial charge in [0.2, 0.25) is 0 Å². The number of amides is 2. The summed E-state index contributed by atoms with van der Waals surface area (Å²) >= 11 is 11.8. The molecular formula is C18H15Cl2FN4O2. The Balaban J connectivity index is 1.57. The number of hydrogen-bond donors (Lipinski definition) is 1. The summed E-state index contributed by atoms with van der Waals surface area (Å²) < 4.78 is 18.4. The van der Waals surface area contributed by atoms with Crippen LogP contribution in [0, 0.1) is 5.82 Å². The molecule has 27 heavy (non-hydrogen) atoms. The molecule has 0 aliphatic heterocycles. The van der Waals surface area contributed by atoms with Gasteiger partial charge in [0, 0.05) is 25.7 Å². The third-order valence-electron chi connectivity index (χ3n) is 3.76. The van der Waals surface area contributed by atoms with Crippen molar-refractivity contribution in [3.05, 3.63) is 64.2 Å². The highest BCUT2D eigenvalue weighted by Crippen LogP contribution is 2.26. The van der Waals surface area contributed by atoms with E-state index in [1.165, 1.54) is 23.1 Å². The Morgan fingerprint density at radius 2 is 2.00 bits per heavy atom. The SMILES string of the molecule is CN(CCc1noc(-c2ccccc2Cl)n1)C(=O)Nc1ccc(F)c(Cl)c1. The third-order valence-corrected chi connectivity index (χ3v) is 4.38. The Morgan fingerprint density at radius 1 is 1.22 bits per heavy atom. The summed E-state index contributed by atoms with van der Waals surface area (Å²) in [6.45, 7) is 0.349. The van der Waals surface area contributed by atoms with Crippen molar-refractivity contribution >= 4 is 34.9 Å². The van der Waals surface area contributed by atoms with Gasteiger partial charge < -0.3 is 14.7 Å². The molecule has 1 heterocycles. The van der Waals surface area contributed by atoms with Gasteiger partial charge in [0.1, 0.15) is 5.82 Å². The summed E-state index contributed by atoms with van der Waals surface area (Å²) in [5, 5.41) is 7.00. The van der Waals surface area contributed by atoms with Gasteiger partial charge in [-0.15, -0.1) is 0 Å². The van der Waals surface area contributed by atoms with Gasteiger partial charge in [0.05, 0.1) is 15.6 Å². The lowest BCUT2D eigenvalue weighted by Crippen LogP contribution is -2.33. The second-order valence-corrected chi connectivity index (χ2v) is 6.54. The zero-order chi connectivity index (χ0) is 19.4. The van der Waals surface area contributed by atoms with E-state index >= 15 is 0 Å². The minimum absolute atomic E-state index is 0.0608. The number of urea groups is 1. The minimum Gasteiger partial charge on any atom is -0.334 e. The lowest BCUT2D eigenvalue weighted by atomic mass is 10.2. The Kier molecular flexibility index (Phi) is 5.93. The molecule has 140 valence electrons. The highest BCUT2D eigenvalue weighted by molar-refractivity contribution is 6.33. The largest absolute Gasteiger partial charge is 0.334 e. The molecule has 0 atom stereocenters. The Labute approximate surface area is 164 Å². The molecule has 1 N–H and O–H groups in total. The van der Waals surface area contributed by atoms with Crippen molar-refractivity contribution in [2.45, 2.75) is 6.42 Å². The van der Waals surface area contributed by atoms with Crippen molar-refractivity contribution in [2.75, 3.05) is 18.9 Å². The summed E-state index contributed by atoms with van der Waals surface area (Å²) in [6, 6.07) is 10.8. The fourth-order valence-corrected chi connectivity index (χ4v) is 2.66. The van der Waals surface area contributed by atoms with Crippen molar-refractivity contribution in [1.82, 2.24) is 15.0 Å². The Hall–Kier alpha value is -2.64. The number of hydrogen-bond acceptors (Lipinski definition) is 4. The average Bonchev–Trinajstić information content (AvgIpc) is 3.12. The molecule has 1 aromatic heterocycles. The van der Waals surface area contributed by atoms with E-state index in [4.69, 9.17) is 27.7 Å². The van der Waals surface area contributed by atoms with E-state index in [-0.39, 0.29) is 11.1 Å². The second kappa shape index (κ2) is 8.37. The number of anilines is 1. The number of nitrogens with one attached hydrogen (secondary N) is 1. The van der Waals surface area contributed by atoms with Crippen LogP contribution in [-0.4, -0.2) is 34.7 Å². The molecule has 3 rings (SSSR count). The van der Waals surface area contributed by atoms with Crippen molar-refractivity contribution in [1.29, 1.82) is 0 Å². The van der Waals surface area contributed by atoms with Crippen molar-refractivity contribution < 1.29 is 13.7 Å². The third kappa shape index (κ3) is 4.75. The molecule has 0 fully saturated rings. The number of carbonyl (C=O) groups excluding carboxylic acids is 1. The average molecular weight is 409 g/mol. The van der Waals surface area contributed by atoms with Crippen LogP contribution in [0.25, 0.3) is 11.5 Å². The molecular weight excluding hydrogens is 394 g/mol. The second-order valence-electron chi connectivity index (χ2n) is 5.73. The number of halogens is 3. The Morgan fingerprint density at radius 3 is 2.74 bits per heavy atom. The molecule has 0 aliphatic rings. The quantitative estimate of drug-likeness (QED) is 0.652. The normalized spacial score (nSPS) is 10.7. The first-order valence-corrected chi connectivity index (χ1v) is 8.74. The number of benzene rings is 2. The predicted molar refractivity (Wildman–Crippen MR) is 102 cm³/mol. The van der Waals surface area contributed by atoms with Gasteiger partial charge in [0.15, 0.2) is 5.82 Å². The van der Waals surface area contributed by atoms with Gasteiger partial charge in [-0.3, -0.25) is 0 Å². The van der Waals surface area contributed by atoms with E-state index in [0.717, 1.165) is 0 Å². The van der Waals surface area contributed by atoms with Gasteiger partial charge in [-0.2, -0.15) is 4.98 Å². The molecule has 9 heteroatoms. The lowest BCUT2D eigenvalue weighted by Gasteiger charge is -2.17. The molecule has 2 amide bonds. The van der Waals surface area contributed by atoms with Crippen LogP contribution in [0.15, 0.2) is 47.0 Å². The van der Waals surface area contributed by atoms with E-state index in [1.807, 2.05) is 12.1 Å². The number of nitrogens with zero attached hydrogens (tertiary/aromatic N) is 3. The summed E-state index contributed by atoms with van der Waals surface area (Å²) in [4.78, 5) is 17.9. The fraction of sp³-hybridized carbons (Fsp3) is 0.167. The van der Waals surface area contributed by atoms with E-state index < -0.39 is 5.82 Å². The van der Waals surface area contributed by atoms with E-state index in [1.54, 1.807) is 19.2 Å². The van der Waals surface area contributed by atoms with E-state index in [9.17, 15) is 9.18 Å². The van der Waals surface area contributed by atoms with Crippen LogP contribution in [0.5, 0.6) is 0 Å². The first kappa shape index (κ1) is 19.1. The standard InChI is InChI=1S/C18H15Cl2FN4O2/c1-25(18(26)22-11-6-7-15(21)14(20)10-11)9-8-16-23-17(27-24-16)12-4-2-3-5-13(12)19/h2-7,10H,8-9H2,1H3,(H,22,26). The summed E-state index contributed by atoms with van der Waals surface area (Å²) in [5.74, 6) is 0.229. The van der Waals surface area contributed by atoms with Gasteiger partial charge in [-0.05, 0) is 30.3 Å². The number of rotatable bonds is 5. The van der Waals surface area contributed by atoms with Crippen LogP contribution in [0.2, 0.25) is 10.0 Å². The Bertz CT molecular complexity index is 964. The molecule has 3 aromatic rings. The van der Waals surface area contributed by atoms with Crippen LogP contribution in [0.3, 0.4) is 0 Å². The van der Waals surface area contributed by atoms with Gasteiger partial charge in [-0.1, -0.05) is 40.5 Å². The first-order valence-electron chi connectivity index (χ1n) is 7.98. The van der Waals surface area contributed by atoms with Crippen LogP contribution in [0.1, 0.15) is 5.82 Å². The zero-order valence-corrected chi connectivity index (χ0v) is 15.8. The van der Waals surface area contributed by atoms with Crippen LogP contribution in [0.4, 0.5) is 14.9 Å². The summed E-state index contributed by atoms with van der Waals surface area (Å²) in [5.41, 5.74) is 1.05. The van der Waals surface area contributed by atoms with Gasteiger partial charge >= 0.3 is 6.03 Å². The number of carbonyl (C=O) groups is 1. The highest BCUT2D eigenvalue weighted by atomic mass is 35.5. The minimum atomic E-state index is -0.547. The maximum Gasteiger partial charge on any atom is 0.321 e. The van der Waals surface area contributed by atoms with Crippen molar-refractivity contribution in [3.63, 3.8) is 0 Å². The molecule has 2 aromatic carbocycles. The highest BCUT2D eigenvalue weighted by Gasteiger charge is 2.14. The van der Waals surface area contributed by atoms with Crippen molar-refractivity contribution in [2.24, 2.45) is 0 Å². The summed E-state index contributed by atoms with van der Waals surface area (Å²) in [7, 11) is 1.62. The maximum atomic E-state index is 13.2. The van der Waals surface area contributed by atoms with Crippen molar-refractivity contribution in [3.8, 4) is 11.5 Å². The molecule has 0 saturated carbocycles. The molecule has 0 bridgehead atoms. The van der Waals surface area contributed by atoms with E-state index in [0.29, 0.717) is 41.0 Å². The van der Waals surface area contributed by atoms with E-state index in [2.05, 4.69) is 15.5 Å². The number of likely N-dealkylation sites (N-methyl/N-ethyl adjacent to an activating group) is 1. The smallest absolute Gasteiger partial charge is 0.321 e. The maximum absolute atomic E-state index is 13.2. The monoisotopic (exact) mass is 408 g/mol. The van der Waals surface area contributed by atoms with Crippen LogP contribution in [-0.2, 0) is 6.42 Å². The molecule has 0 unspecified atom stereocenters. The molecule has 0 spiro atoms. The first-order chi connectivity index (χ1) is 12.9. The van der Waals surface area contributed by atoms with Crippen LogP contribution < -0.4 is 5.32 Å². The lowest BCUT2D eigenvalue weighted by molar-refractivity contribution is 0.222. The number of aromatic nitrogens is 2. The zero-order valence-electron chi connectivity index (χ0n) is 14.2. The van der Waals surface area contributed by atoms with Gasteiger partial charge in [-0.25, -0.2) is 9.18 Å². The molecule has 6 nitrogen and oxygen atoms in total. The molecule has 0 radical (unpaired) electrons. The van der Waals surface area contributed by atoms with Gasteiger partial charge in [0.25, 0.3) is 5.89 Å². The fourth-order valence-electron chi connectivity index (χ4n) is 2.26. The van der Waals surface area contributed by atoms with Crippen LogP contribution >= 0.6 is 23.2 Å².